The highest BCUT2D eigenvalue weighted by atomic mass is 32.2. The molecule has 5 heteroatoms. The van der Waals surface area contributed by atoms with E-state index >= 15 is 0 Å². The number of hydrogen-bond acceptors (Lipinski definition) is 4. The van der Waals surface area contributed by atoms with Crippen molar-refractivity contribution in [3.05, 3.63) is 47.5 Å². The van der Waals surface area contributed by atoms with Crippen molar-refractivity contribution in [1.29, 1.82) is 0 Å². The summed E-state index contributed by atoms with van der Waals surface area (Å²) in [6.07, 6.45) is 0. The Morgan fingerprint density at radius 3 is 2.11 bits per heavy atom. The second kappa shape index (κ2) is 4.59. The van der Waals surface area contributed by atoms with Gasteiger partial charge in [-0.1, -0.05) is 18.2 Å². The molecule has 0 saturated carbocycles. The van der Waals surface area contributed by atoms with Crippen molar-refractivity contribution in [2.75, 3.05) is 0 Å². The number of phenols is 2. The molecule has 0 aliphatic rings. The van der Waals surface area contributed by atoms with Gasteiger partial charge in [-0.15, -0.1) is 0 Å². The lowest BCUT2D eigenvalue weighted by molar-refractivity contribution is 0.442. The molecule has 0 aliphatic heterocycles. The minimum atomic E-state index is -3.85. The number of aryl methyl sites for hydroxylation is 2. The van der Waals surface area contributed by atoms with Gasteiger partial charge >= 0.3 is 0 Å². The van der Waals surface area contributed by atoms with Crippen LogP contribution >= 0.6 is 0 Å². The third kappa shape index (κ3) is 2.29. The van der Waals surface area contributed by atoms with Gasteiger partial charge in [-0.3, -0.25) is 0 Å². The molecule has 0 atom stereocenters. The van der Waals surface area contributed by atoms with E-state index in [2.05, 4.69) is 0 Å². The molecule has 0 saturated heterocycles. The van der Waals surface area contributed by atoms with Crippen LogP contribution in [0.2, 0.25) is 0 Å². The van der Waals surface area contributed by atoms with Gasteiger partial charge in [0.15, 0.2) is 0 Å². The first kappa shape index (κ1) is 13.4. The van der Waals surface area contributed by atoms with Crippen molar-refractivity contribution < 1.29 is 18.6 Å². The lowest BCUT2D eigenvalue weighted by atomic mass is 10.2. The van der Waals surface area contributed by atoms with E-state index in [1.165, 1.54) is 12.1 Å². The number of hydrogen-bond donors (Lipinski definition) is 2. The summed E-state index contributed by atoms with van der Waals surface area (Å²) < 4.78 is 24.9. The molecule has 100 valence electrons. The Morgan fingerprint density at radius 2 is 1.47 bits per heavy atom. The molecule has 4 nitrogen and oxygen atoms in total. The van der Waals surface area contributed by atoms with Crippen LogP contribution in [0, 0.1) is 13.8 Å². The summed E-state index contributed by atoms with van der Waals surface area (Å²) in [4.78, 5) is -0.168. The summed E-state index contributed by atoms with van der Waals surface area (Å²) in [6.45, 7) is 3.26. The van der Waals surface area contributed by atoms with Gasteiger partial charge in [-0.25, -0.2) is 8.42 Å². The van der Waals surface area contributed by atoms with Gasteiger partial charge in [0.25, 0.3) is 0 Å². The summed E-state index contributed by atoms with van der Waals surface area (Å²) in [7, 11) is -3.85. The molecule has 0 radical (unpaired) electrons. The van der Waals surface area contributed by atoms with E-state index < -0.39 is 9.84 Å². The minimum Gasteiger partial charge on any atom is -0.508 e. The lowest BCUT2D eigenvalue weighted by Gasteiger charge is -2.10. The molecular formula is C14H14O4S. The predicted octanol–water partition coefficient (Wildman–Crippen LogP) is 2.55. The second-order valence-electron chi connectivity index (χ2n) is 4.38. The number of rotatable bonds is 2. The molecular weight excluding hydrogens is 264 g/mol. The summed E-state index contributed by atoms with van der Waals surface area (Å²) >= 11 is 0. The summed E-state index contributed by atoms with van der Waals surface area (Å²) in [6, 6.07) is 8.82. The van der Waals surface area contributed by atoms with Crippen molar-refractivity contribution >= 4 is 9.84 Å². The smallest absolute Gasteiger partial charge is 0.210 e. The summed E-state index contributed by atoms with van der Waals surface area (Å²) in [5, 5.41) is 19.4. The van der Waals surface area contributed by atoms with Gasteiger partial charge in [-0.2, -0.15) is 0 Å². The second-order valence-corrected chi connectivity index (χ2v) is 6.26. The van der Waals surface area contributed by atoms with Crippen LogP contribution in [0.5, 0.6) is 11.5 Å². The number of benzene rings is 2. The molecule has 0 amide bonds. The fourth-order valence-electron chi connectivity index (χ4n) is 1.85. The molecule has 0 aromatic heterocycles. The first-order valence-electron chi connectivity index (χ1n) is 5.67. The van der Waals surface area contributed by atoms with Gasteiger partial charge < -0.3 is 10.2 Å². The molecule has 0 heterocycles. The Hall–Kier alpha value is -2.01. The summed E-state index contributed by atoms with van der Waals surface area (Å²) in [5.41, 5.74) is 1.00. The van der Waals surface area contributed by atoms with Gasteiger partial charge in [0.05, 0.1) is 4.90 Å². The van der Waals surface area contributed by atoms with Crippen molar-refractivity contribution in [1.82, 2.24) is 0 Å². The first-order valence-corrected chi connectivity index (χ1v) is 7.15. The van der Waals surface area contributed by atoms with Crippen molar-refractivity contribution in [3.63, 3.8) is 0 Å². The molecule has 0 unspecified atom stereocenters. The number of sulfone groups is 1. The zero-order valence-corrected chi connectivity index (χ0v) is 11.4. The Morgan fingerprint density at radius 1 is 0.842 bits per heavy atom. The Labute approximate surface area is 111 Å². The maximum absolute atomic E-state index is 12.5. The van der Waals surface area contributed by atoms with Gasteiger partial charge in [0, 0.05) is 6.07 Å². The standard InChI is InChI=1S/C14H14O4S/c1-9-5-3-4-6-13(9)19(17,18)14-8-11(15)10(2)7-12(14)16/h3-8,15-16H,1-2H3. The van der Waals surface area contributed by atoms with E-state index in [0.717, 1.165) is 6.07 Å². The Balaban J connectivity index is 2.71. The van der Waals surface area contributed by atoms with Crippen LogP contribution in [0.1, 0.15) is 11.1 Å². The largest absolute Gasteiger partial charge is 0.508 e. The highest BCUT2D eigenvalue weighted by Crippen LogP contribution is 2.34. The van der Waals surface area contributed by atoms with Crippen molar-refractivity contribution in [3.8, 4) is 11.5 Å². The maximum atomic E-state index is 12.5. The topological polar surface area (TPSA) is 74.6 Å². The van der Waals surface area contributed by atoms with Gasteiger partial charge in [0.1, 0.15) is 16.4 Å². The number of phenolic OH excluding ortho intramolecular Hbond substituents is 2. The SMILES string of the molecule is Cc1cc(O)c(S(=O)(=O)c2ccccc2C)cc1O. The van der Waals surface area contributed by atoms with E-state index in [1.807, 2.05) is 0 Å². The lowest BCUT2D eigenvalue weighted by Crippen LogP contribution is -2.04. The van der Waals surface area contributed by atoms with Crippen molar-refractivity contribution in [2.45, 2.75) is 23.6 Å². The molecule has 2 rings (SSSR count). The normalized spacial score (nSPS) is 11.5. The zero-order chi connectivity index (χ0) is 14.2. The van der Waals surface area contributed by atoms with Crippen LogP contribution in [-0.4, -0.2) is 18.6 Å². The zero-order valence-electron chi connectivity index (χ0n) is 10.6. The van der Waals surface area contributed by atoms with Crippen LogP contribution in [0.4, 0.5) is 0 Å². The van der Waals surface area contributed by atoms with E-state index in [0.29, 0.717) is 11.1 Å². The van der Waals surface area contributed by atoms with E-state index in [-0.39, 0.29) is 21.3 Å². The van der Waals surface area contributed by atoms with Crippen LogP contribution in [-0.2, 0) is 9.84 Å². The highest BCUT2D eigenvalue weighted by molar-refractivity contribution is 7.91. The average molecular weight is 278 g/mol. The van der Waals surface area contributed by atoms with Crippen LogP contribution in [0.3, 0.4) is 0 Å². The van der Waals surface area contributed by atoms with E-state index in [9.17, 15) is 18.6 Å². The average Bonchev–Trinajstić information content (AvgIpc) is 2.34. The van der Waals surface area contributed by atoms with Crippen LogP contribution in [0.15, 0.2) is 46.2 Å². The highest BCUT2D eigenvalue weighted by Gasteiger charge is 2.24. The quantitative estimate of drug-likeness (QED) is 0.828. The third-order valence-corrected chi connectivity index (χ3v) is 4.89. The molecule has 0 bridgehead atoms. The molecule has 2 aromatic rings. The predicted molar refractivity (Wildman–Crippen MR) is 71.1 cm³/mol. The van der Waals surface area contributed by atoms with E-state index in [4.69, 9.17) is 0 Å². The molecule has 2 N–H and O–H groups in total. The Kier molecular flexibility index (Phi) is 3.24. The van der Waals surface area contributed by atoms with Crippen molar-refractivity contribution in [2.24, 2.45) is 0 Å². The molecule has 2 aromatic carbocycles. The van der Waals surface area contributed by atoms with Gasteiger partial charge in [-0.05, 0) is 37.1 Å². The van der Waals surface area contributed by atoms with E-state index in [1.54, 1.807) is 32.0 Å². The fourth-order valence-corrected chi connectivity index (χ4v) is 3.44. The monoisotopic (exact) mass is 278 g/mol. The Bertz CT molecular complexity index is 733. The summed E-state index contributed by atoms with van der Waals surface area (Å²) in [5.74, 6) is -0.525. The molecule has 0 aliphatic carbocycles. The minimum absolute atomic E-state index is 0.119. The molecule has 0 fully saturated rings. The third-order valence-electron chi connectivity index (χ3n) is 2.95. The van der Waals surface area contributed by atoms with Crippen LogP contribution in [0.25, 0.3) is 0 Å². The number of aromatic hydroxyl groups is 2. The maximum Gasteiger partial charge on any atom is 0.210 e. The molecule has 0 spiro atoms. The first-order chi connectivity index (χ1) is 8.84. The molecule has 19 heavy (non-hydrogen) atoms. The fraction of sp³-hybridized carbons (Fsp3) is 0.143. The van der Waals surface area contributed by atoms with Crippen LogP contribution < -0.4 is 0 Å². The van der Waals surface area contributed by atoms with Gasteiger partial charge in [0.2, 0.25) is 9.84 Å².